The van der Waals surface area contributed by atoms with E-state index in [9.17, 15) is 5.11 Å². The van der Waals surface area contributed by atoms with E-state index in [2.05, 4.69) is 10.2 Å². The number of likely N-dealkylation sites (N-methyl/N-ethyl adjacent to an activating group) is 2. The van der Waals surface area contributed by atoms with Gasteiger partial charge >= 0.3 is 0 Å². The third-order valence-electron chi connectivity index (χ3n) is 2.18. The molecule has 4 nitrogen and oxygen atoms in total. The zero-order chi connectivity index (χ0) is 11.1. The Morgan fingerprint density at radius 2 is 2.40 bits per heavy atom. The van der Waals surface area contributed by atoms with E-state index in [0.717, 1.165) is 18.7 Å². The maximum Gasteiger partial charge on any atom is 0.0947 e. The SMILES string of the molecule is CCNCC(O)CN(C)Cc1ccoc1. The van der Waals surface area contributed by atoms with Gasteiger partial charge in [-0.3, -0.25) is 4.90 Å². The molecule has 0 aliphatic rings. The van der Waals surface area contributed by atoms with E-state index in [0.29, 0.717) is 13.1 Å². The van der Waals surface area contributed by atoms with Gasteiger partial charge in [-0.25, -0.2) is 0 Å². The lowest BCUT2D eigenvalue weighted by molar-refractivity contribution is 0.122. The van der Waals surface area contributed by atoms with Crippen LogP contribution in [0.4, 0.5) is 0 Å². The van der Waals surface area contributed by atoms with Crippen LogP contribution in [0.1, 0.15) is 12.5 Å². The standard InChI is InChI=1S/C11H20N2O2/c1-3-12-6-11(14)8-13(2)7-10-4-5-15-9-10/h4-5,9,11-12,14H,3,6-8H2,1-2H3. The lowest BCUT2D eigenvalue weighted by atomic mass is 10.3. The number of furan rings is 1. The molecule has 0 aliphatic carbocycles. The molecule has 15 heavy (non-hydrogen) atoms. The van der Waals surface area contributed by atoms with Gasteiger partial charge < -0.3 is 14.8 Å². The molecule has 4 heteroatoms. The summed E-state index contributed by atoms with van der Waals surface area (Å²) in [6, 6.07) is 1.94. The molecule has 0 saturated carbocycles. The van der Waals surface area contributed by atoms with E-state index in [4.69, 9.17) is 4.42 Å². The summed E-state index contributed by atoms with van der Waals surface area (Å²) in [7, 11) is 1.99. The molecule has 0 bridgehead atoms. The van der Waals surface area contributed by atoms with Crippen LogP contribution in [0.2, 0.25) is 0 Å². The first-order chi connectivity index (χ1) is 7.22. The Morgan fingerprint density at radius 1 is 1.60 bits per heavy atom. The van der Waals surface area contributed by atoms with Crippen LogP contribution in [0.25, 0.3) is 0 Å². The molecule has 0 spiro atoms. The zero-order valence-electron chi connectivity index (χ0n) is 9.44. The second kappa shape index (κ2) is 6.61. The van der Waals surface area contributed by atoms with Crippen molar-refractivity contribution in [1.29, 1.82) is 0 Å². The smallest absolute Gasteiger partial charge is 0.0947 e. The molecule has 86 valence electrons. The van der Waals surface area contributed by atoms with Crippen LogP contribution in [0.3, 0.4) is 0 Å². The Labute approximate surface area is 90.9 Å². The minimum absolute atomic E-state index is 0.318. The molecule has 0 aliphatic heterocycles. The largest absolute Gasteiger partial charge is 0.472 e. The zero-order valence-corrected chi connectivity index (χ0v) is 9.44. The van der Waals surface area contributed by atoms with Crippen molar-refractivity contribution >= 4 is 0 Å². The van der Waals surface area contributed by atoms with Gasteiger partial charge in [0, 0.05) is 25.2 Å². The molecular formula is C11H20N2O2. The van der Waals surface area contributed by atoms with Crippen molar-refractivity contribution < 1.29 is 9.52 Å². The number of aliphatic hydroxyl groups excluding tert-OH is 1. The highest BCUT2D eigenvalue weighted by Gasteiger charge is 2.08. The fraction of sp³-hybridized carbons (Fsp3) is 0.636. The van der Waals surface area contributed by atoms with Gasteiger partial charge in [-0.05, 0) is 19.7 Å². The summed E-state index contributed by atoms with van der Waals surface area (Å²) in [4.78, 5) is 2.08. The number of hydrogen-bond donors (Lipinski definition) is 2. The first-order valence-electron chi connectivity index (χ1n) is 5.30. The van der Waals surface area contributed by atoms with E-state index in [-0.39, 0.29) is 6.10 Å². The van der Waals surface area contributed by atoms with Crippen LogP contribution in [0.5, 0.6) is 0 Å². The summed E-state index contributed by atoms with van der Waals surface area (Å²) < 4.78 is 4.98. The first-order valence-corrected chi connectivity index (χ1v) is 5.30. The fourth-order valence-corrected chi connectivity index (χ4v) is 1.49. The summed E-state index contributed by atoms with van der Waals surface area (Å²) in [6.07, 6.45) is 3.08. The van der Waals surface area contributed by atoms with Crippen molar-refractivity contribution in [1.82, 2.24) is 10.2 Å². The second-order valence-corrected chi connectivity index (χ2v) is 3.79. The van der Waals surface area contributed by atoms with Crippen molar-refractivity contribution in [3.05, 3.63) is 24.2 Å². The predicted molar refractivity (Wildman–Crippen MR) is 59.6 cm³/mol. The van der Waals surface area contributed by atoms with E-state index < -0.39 is 0 Å². The van der Waals surface area contributed by atoms with Crippen molar-refractivity contribution in [3.63, 3.8) is 0 Å². The van der Waals surface area contributed by atoms with Crippen molar-refractivity contribution in [2.45, 2.75) is 19.6 Å². The lowest BCUT2D eigenvalue weighted by Crippen LogP contribution is -2.36. The Kier molecular flexibility index (Phi) is 5.39. The quantitative estimate of drug-likeness (QED) is 0.698. The third kappa shape index (κ3) is 4.97. The van der Waals surface area contributed by atoms with Crippen molar-refractivity contribution in [2.24, 2.45) is 0 Å². The maximum atomic E-state index is 9.65. The van der Waals surface area contributed by atoms with Gasteiger partial charge in [0.1, 0.15) is 0 Å². The summed E-state index contributed by atoms with van der Waals surface area (Å²) in [5.41, 5.74) is 1.13. The molecule has 0 aromatic carbocycles. The van der Waals surface area contributed by atoms with E-state index in [1.165, 1.54) is 0 Å². The fourth-order valence-electron chi connectivity index (χ4n) is 1.49. The lowest BCUT2D eigenvalue weighted by Gasteiger charge is -2.19. The van der Waals surface area contributed by atoms with Crippen LogP contribution in [-0.4, -0.2) is 42.8 Å². The molecule has 1 aromatic rings. The van der Waals surface area contributed by atoms with Crippen LogP contribution in [-0.2, 0) is 6.54 Å². The van der Waals surface area contributed by atoms with Crippen LogP contribution in [0, 0.1) is 0 Å². The highest BCUT2D eigenvalue weighted by atomic mass is 16.3. The molecule has 1 atom stereocenters. The van der Waals surface area contributed by atoms with E-state index in [1.54, 1.807) is 12.5 Å². The molecule has 1 unspecified atom stereocenters. The van der Waals surface area contributed by atoms with Gasteiger partial charge in [-0.15, -0.1) is 0 Å². The third-order valence-corrected chi connectivity index (χ3v) is 2.18. The summed E-state index contributed by atoms with van der Waals surface area (Å²) in [6.45, 7) is 5.04. The van der Waals surface area contributed by atoms with E-state index >= 15 is 0 Å². The molecule has 1 rings (SSSR count). The summed E-state index contributed by atoms with van der Waals surface area (Å²) >= 11 is 0. The highest BCUT2D eigenvalue weighted by molar-refractivity contribution is 5.04. The van der Waals surface area contributed by atoms with Crippen LogP contribution >= 0.6 is 0 Å². The number of aliphatic hydroxyl groups is 1. The van der Waals surface area contributed by atoms with Gasteiger partial charge in [0.05, 0.1) is 18.6 Å². The maximum absolute atomic E-state index is 9.65. The van der Waals surface area contributed by atoms with Gasteiger partial charge in [-0.2, -0.15) is 0 Å². The summed E-state index contributed by atoms with van der Waals surface area (Å²) in [5.74, 6) is 0. The van der Waals surface area contributed by atoms with Crippen LogP contribution in [0.15, 0.2) is 23.0 Å². The highest BCUT2D eigenvalue weighted by Crippen LogP contribution is 2.03. The average Bonchev–Trinajstić information content (AvgIpc) is 2.67. The molecule has 1 aromatic heterocycles. The Morgan fingerprint density at radius 3 is 3.00 bits per heavy atom. The predicted octanol–water partition coefficient (Wildman–Crippen LogP) is 0.682. The van der Waals surface area contributed by atoms with Gasteiger partial charge in [0.15, 0.2) is 0 Å². The molecule has 1 heterocycles. The summed E-state index contributed by atoms with van der Waals surface area (Å²) in [5, 5.41) is 12.8. The minimum Gasteiger partial charge on any atom is -0.472 e. The van der Waals surface area contributed by atoms with Gasteiger partial charge in [0.2, 0.25) is 0 Å². The Bertz CT molecular complexity index is 249. The van der Waals surface area contributed by atoms with Gasteiger partial charge in [0.25, 0.3) is 0 Å². The Balaban J connectivity index is 2.20. The minimum atomic E-state index is -0.318. The van der Waals surface area contributed by atoms with Crippen molar-refractivity contribution in [2.75, 3.05) is 26.7 Å². The average molecular weight is 212 g/mol. The molecule has 0 radical (unpaired) electrons. The van der Waals surface area contributed by atoms with Crippen molar-refractivity contribution in [3.8, 4) is 0 Å². The second-order valence-electron chi connectivity index (χ2n) is 3.79. The molecule has 0 amide bonds. The number of hydrogen-bond acceptors (Lipinski definition) is 4. The van der Waals surface area contributed by atoms with E-state index in [1.807, 2.05) is 20.0 Å². The topological polar surface area (TPSA) is 48.6 Å². The number of rotatable bonds is 7. The molecule has 2 N–H and O–H groups in total. The molecule has 0 fully saturated rings. The Hall–Kier alpha value is -0.840. The number of nitrogens with zero attached hydrogens (tertiary/aromatic N) is 1. The first kappa shape index (κ1) is 12.2. The molecular weight excluding hydrogens is 192 g/mol. The molecule has 0 saturated heterocycles. The number of nitrogens with one attached hydrogen (secondary N) is 1. The van der Waals surface area contributed by atoms with Crippen LogP contribution < -0.4 is 5.32 Å². The monoisotopic (exact) mass is 212 g/mol. The van der Waals surface area contributed by atoms with Gasteiger partial charge in [-0.1, -0.05) is 6.92 Å². The normalized spacial score (nSPS) is 13.3.